The largest absolute Gasteiger partial charge is 0.375 e. The minimum Gasteiger partial charge on any atom is -0.375 e. The smallest absolute Gasteiger partial charge is 0.243 e. The fourth-order valence-corrected chi connectivity index (χ4v) is 7.07. The van der Waals surface area contributed by atoms with E-state index < -0.39 is 10.0 Å². The van der Waals surface area contributed by atoms with Crippen molar-refractivity contribution >= 4 is 60.5 Å². The number of aromatic nitrogens is 3. The van der Waals surface area contributed by atoms with E-state index in [9.17, 15) is 8.42 Å². The number of benzene rings is 2. The van der Waals surface area contributed by atoms with Gasteiger partial charge in [-0.2, -0.15) is 4.31 Å². The first-order chi connectivity index (χ1) is 19.3. The van der Waals surface area contributed by atoms with Crippen LogP contribution >= 0.6 is 11.3 Å². The minimum atomic E-state index is -3.63. The molecule has 3 heterocycles. The van der Waals surface area contributed by atoms with Crippen LogP contribution in [0.15, 0.2) is 59.8 Å². The Morgan fingerprint density at radius 1 is 1.02 bits per heavy atom. The van der Waals surface area contributed by atoms with Crippen molar-refractivity contribution in [3.63, 3.8) is 0 Å². The van der Waals surface area contributed by atoms with E-state index in [1.165, 1.54) is 11.3 Å². The third-order valence-electron chi connectivity index (χ3n) is 6.77. The summed E-state index contributed by atoms with van der Waals surface area (Å²) >= 11 is 1.46. The van der Waals surface area contributed by atoms with Crippen molar-refractivity contribution < 1.29 is 8.42 Å². The molecule has 0 saturated carbocycles. The Bertz CT molecular complexity index is 1560. The summed E-state index contributed by atoms with van der Waals surface area (Å²) in [4.78, 5) is 15.4. The van der Waals surface area contributed by atoms with Crippen LogP contribution in [0.3, 0.4) is 0 Å². The molecular weight excluding hydrogens is 544 g/mol. The summed E-state index contributed by atoms with van der Waals surface area (Å²) in [6, 6.07) is 12.8. The number of thiazole rings is 1. The van der Waals surface area contributed by atoms with Gasteiger partial charge in [-0.25, -0.2) is 23.4 Å². The molecule has 2 aromatic heterocycles. The average molecular weight is 579 g/mol. The number of nitrogens with zero attached hydrogens (tertiary/aromatic N) is 5. The van der Waals surface area contributed by atoms with Gasteiger partial charge in [0.15, 0.2) is 5.13 Å². The van der Waals surface area contributed by atoms with E-state index in [-0.39, 0.29) is 10.9 Å². The molecule has 0 unspecified atom stereocenters. The van der Waals surface area contributed by atoms with Crippen molar-refractivity contribution in [2.45, 2.75) is 23.8 Å². The lowest BCUT2D eigenvalue weighted by molar-refractivity contribution is 0.240. The zero-order chi connectivity index (χ0) is 28.1. The van der Waals surface area contributed by atoms with Crippen LogP contribution in [-0.4, -0.2) is 78.9 Å². The van der Waals surface area contributed by atoms with Crippen molar-refractivity contribution in [2.24, 2.45) is 0 Å². The monoisotopic (exact) mass is 578 g/mol. The van der Waals surface area contributed by atoms with E-state index in [0.717, 1.165) is 47.3 Å². The summed E-state index contributed by atoms with van der Waals surface area (Å²) in [5, 5.41) is 7.03. The highest BCUT2D eigenvalue weighted by atomic mass is 32.2. The molecule has 210 valence electrons. The molecule has 1 aliphatic rings. The zero-order valence-electron chi connectivity index (χ0n) is 22.6. The van der Waals surface area contributed by atoms with Gasteiger partial charge in [0.1, 0.15) is 0 Å². The Labute approximate surface area is 239 Å². The fourth-order valence-electron chi connectivity index (χ4n) is 4.61. The van der Waals surface area contributed by atoms with Crippen LogP contribution in [0, 0.1) is 0 Å². The number of nitrogen functional groups attached to an aromatic ring is 1. The third kappa shape index (κ3) is 6.83. The lowest BCUT2D eigenvalue weighted by Crippen LogP contribution is -2.48. The van der Waals surface area contributed by atoms with Crippen molar-refractivity contribution in [1.82, 2.24) is 29.5 Å². The van der Waals surface area contributed by atoms with Crippen LogP contribution in [0.1, 0.15) is 24.0 Å². The molecule has 1 fully saturated rings. The molecule has 1 saturated heterocycles. The third-order valence-corrected chi connectivity index (χ3v) is 9.58. The molecule has 12 heteroatoms. The molecule has 0 spiro atoms. The number of fused-ring (bicyclic) bond motifs is 1. The number of nitrogens with one attached hydrogen (secondary N) is 2. The number of hydrogen-bond donors (Lipinski definition) is 3. The van der Waals surface area contributed by atoms with Crippen molar-refractivity contribution in [2.75, 3.05) is 51.3 Å². The highest BCUT2D eigenvalue weighted by Crippen LogP contribution is 2.26. The molecule has 40 heavy (non-hydrogen) atoms. The average Bonchev–Trinajstić information content (AvgIpc) is 3.32. The summed E-state index contributed by atoms with van der Waals surface area (Å²) < 4.78 is 29.9. The van der Waals surface area contributed by atoms with Gasteiger partial charge in [-0.1, -0.05) is 29.6 Å². The van der Waals surface area contributed by atoms with Crippen molar-refractivity contribution in [1.29, 1.82) is 0 Å². The Morgan fingerprint density at radius 3 is 2.42 bits per heavy atom. The zero-order valence-corrected chi connectivity index (χ0v) is 24.3. The van der Waals surface area contributed by atoms with E-state index in [0.29, 0.717) is 29.9 Å². The standard InChI is InChI=1S/C28H34N8O2S2/c1-35(2)15-16-36(23-11-13-30-14-12-23)40(37,38)24-8-6-22(7-9-24)33-28-31-18-21(19-32-28)4-3-20-5-10-25-26(17-20)39-27(29)34-25/h3-10,17-19,23,30H,11-16H2,1-2H3,(H2,29,34)(H,31,32,33). The maximum Gasteiger partial charge on any atom is 0.243 e. The number of hydrogen-bond acceptors (Lipinski definition) is 10. The predicted octanol–water partition coefficient (Wildman–Crippen LogP) is 3.89. The van der Waals surface area contributed by atoms with Gasteiger partial charge in [0.2, 0.25) is 16.0 Å². The lowest BCUT2D eigenvalue weighted by Gasteiger charge is -2.34. The van der Waals surface area contributed by atoms with Crippen LogP contribution in [0.25, 0.3) is 22.4 Å². The number of piperidine rings is 1. The number of likely N-dealkylation sites (N-methyl/N-ethyl adjacent to an activating group) is 1. The number of anilines is 3. The molecule has 0 amide bonds. The van der Waals surface area contributed by atoms with Crippen LogP contribution < -0.4 is 16.4 Å². The maximum atomic E-state index is 13.6. The highest BCUT2D eigenvalue weighted by molar-refractivity contribution is 7.89. The van der Waals surface area contributed by atoms with Gasteiger partial charge in [0, 0.05) is 42.8 Å². The summed E-state index contributed by atoms with van der Waals surface area (Å²) in [5.74, 6) is 0.427. The number of sulfonamides is 1. The summed E-state index contributed by atoms with van der Waals surface area (Å²) in [5.41, 5.74) is 9.29. The molecule has 0 bridgehead atoms. The van der Waals surface area contributed by atoms with E-state index in [1.807, 2.05) is 49.3 Å². The van der Waals surface area contributed by atoms with Crippen LogP contribution in [-0.2, 0) is 10.0 Å². The summed E-state index contributed by atoms with van der Waals surface area (Å²) in [6.07, 6.45) is 9.02. The van der Waals surface area contributed by atoms with Crippen molar-refractivity contribution in [3.05, 3.63) is 66.0 Å². The molecular formula is C28H34N8O2S2. The van der Waals surface area contributed by atoms with Gasteiger partial charge in [-0.15, -0.1) is 0 Å². The normalized spacial score (nSPS) is 15.0. The Morgan fingerprint density at radius 2 is 1.73 bits per heavy atom. The van der Waals surface area contributed by atoms with E-state index in [1.54, 1.807) is 41.0 Å². The molecule has 0 radical (unpaired) electrons. The van der Waals surface area contributed by atoms with Crippen LogP contribution in [0.4, 0.5) is 16.8 Å². The molecule has 0 atom stereocenters. The van der Waals surface area contributed by atoms with Crippen LogP contribution in [0.5, 0.6) is 0 Å². The predicted molar refractivity (Wildman–Crippen MR) is 163 cm³/mol. The number of nitrogens with two attached hydrogens (primary N) is 1. The Hall–Kier alpha value is -3.42. The first-order valence-corrected chi connectivity index (χ1v) is 15.4. The minimum absolute atomic E-state index is 0.000590. The second kappa shape index (κ2) is 12.4. The quantitative estimate of drug-likeness (QED) is 0.257. The van der Waals surface area contributed by atoms with Gasteiger partial charge in [-0.05, 0) is 82.0 Å². The van der Waals surface area contributed by atoms with E-state index in [4.69, 9.17) is 5.73 Å². The molecule has 0 aliphatic carbocycles. The summed E-state index contributed by atoms with van der Waals surface area (Å²) in [7, 11) is 0.285. The maximum absolute atomic E-state index is 13.6. The second-order valence-electron chi connectivity index (χ2n) is 10.0. The second-order valence-corrected chi connectivity index (χ2v) is 13.0. The molecule has 4 N–H and O–H groups in total. The first kappa shape index (κ1) is 28.1. The Kier molecular flexibility index (Phi) is 8.72. The van der Waals surface area contributed by atoms with Crippen molar-refractivity contribution in [3.8, 4) is 0 Å². The van der Waals surface area contributed by atoms with Crippen LogP contribution in [0.2, 0.25) is 0 Å². The van der Waals surface area contributed by atoms with E-state index in [2.05, 4.69) is 25.6 Å². The summed E-state index contributed by atoms with van der Waals surface area (Å²) in [6.45, 7) is 2.79. The molecule has 10 nitrogen and oxygen atoms in total. The Balaban J connectivity index is 1.24. The van der Waals surface area contributed by atoms with E-state index >= 15 is 0 Å². The molecule has 5 rings (SSSR count). The molecule has 4 aromatic rings. The topological polar surface area (TPSA) is 129 Å². The molecule has 2 aromatic carbocycles. The number of rotatable bonds is 10. The van der Waals surface area contributed by atoms with Gasteiger partial charge in [0.25, 0.3) is 0 Å². The first-order valence-electron chi connectivity index (χ1n) is 13.2. The lowest BCUT2D eigenvalue weighted by atomic mass is 10.1. The van der Waals surface area contributed by atoms with Gasteiger partial charge in [-0.3, -0.25) is 0 Å². The highest BCUT2D eigenvalue weighted by Gasteiger charge is 2.32. The van der Waals surface area contributed by atoms with Gasteiger partial charge < -0.3 is 21.3 Å². The fraction of sp³-hybridized carbons (Fsp3) is 0.321. The van der Waals surface area contributed by atoms with Gasteiger partial charge in [0.05, 0.1) is 15.1 Å². The van der Waals surface area contributed by atoms with Gasteiger partial charge >= 0.3 is 0 Å². The molecule has 1 aliphatic heterocycles. The SMILES string of the molecule is CN(C)CCN(C1CCNCC1)S(=O)(=O)c1ccc(Nc2ncc(C=Cc3ccc4nc(N)sc4c3)cn2)cc1.